The number of nitrogens with zero attached hydrogens (tertiary/aromatic N) is 3. The maximum atomic E-state index is 12.7. The van der Waals surface area contributed by atoms with E-state index >= 15 is 0 Å². The number of hydrogen-bond donors (Lipinski definition) is 3. The predicted octanol–water partition coefficient (Wildman–Crippen LogP) is 3.09. The van der Waals surface area contributed by atoms with E-state index in [1.165, 1.54) is 5.69 Å². The fourth-order valence-electron chi connectivity index (χ4n) is 4.03. The Kier molecular flexibility index (Phi) is 13.6. The minimum atomic E-state index is 0. The van der Waals surface area contributed by atoms with Gasteiger partial charge in [-0.1, -0.05) is 32.0 Å². The summed E-state index contributed by atoms with van der Waals surface area (Å²) in [6.45, 7) is 11.8. The van der Waals surface area contributed by atoms with Gasteiger partial charge in [-0.3, -0.25) is 9.79 Å². The van der Waals surface area contributed by atoms with Crippen LogP contribution in [-0.4, -0.2) is 74.3 Å². The van der Waals surface area contributed by atoms with Crippen molar-refractivity contribution in [3.63, 3.8) is 0 Å². The number of aliphatic imine (C=N–C) groups is 1. The van der Waals surface area contributed by atoms with Gasteiger partial charge in [-0.15, -0.1) is 24.0 Å². The van der Waals surface area contributed by atoms with E-state index in [0.717, 1.165) is 57.9 Å². The minimum absolute atomic E-state index is 0. The Bertz CT molecular complexity index is 674. The number of hydrogen-bond acceptors (Lipinski definition) is 4. The van der Waals surface area contributed by atoms with E-state index in [4.69, 9.17) is 4.99 Å². The van der Waals surface area contributed by atoms with Crippen LogP contribution in [0.1, 0.15) is 46.5 Å². The second-order valence-electron chi connectivity index (χ2n) is 8.26. The third-order valence-corrected chi connectivity index (χ3v) is 6.44. The third kappa shape index (κ3) is 8.77. The summed E-state index contributed by atoms with van der Waals surface area (Å²) in [4.78, 5) is 21.7. The van der Waals surface area contributed by atoms with Gasteiger partial charge in [0.25, 0.3) is 0 Å². The summed E-state index contributed by atoms with van der Waals surface area (Å²) in [5.74, 6) is 0.932. The van der Waals surface area contributed by atoms with E-state index in [1.807, 2.05) is 17.9 Å². The van der Waals surface area contributed by atoms with E-state index in [-0.39, 0.29) is 41.9 Å². The van der Waals surface area contributed by atoms with E-state index in [2.05, 4.69) is 53.6 Å². The van der Waals surface area contributed by atoms with E-state index in [9.17, 15) is 9.90 Å². The van der Waals surface area contributed by atoms with Crippen molar-refractivity contribution in [3.05, 3.63) is 30.3 Å². The number of benzene rings is 1. The number of para-hydroxylation sites is 1. The molecule has 0 saturated carbocycles. The van der Waals surface area contributed by atoms with Crippen LogP contribution in [-0.2, 0) is 4.79 Å². The Morgan fingerprint density at radius 1 is 1.06 bits per heavy atom. The molecule has 0 spiro atoms. The molecule has 182 valence electrons. The Labute approximate surface area is 211 Å². The number of piperazine rings is 1. The second-order valence-corrected chi connectivity index (χ2v) is 8.26. The molecule has 1 saturated heterocycles. The van der Waals surface area contributed by atoms with E-state index < -0.39 is 0 Å². The van der Waals surface area contributed by atoms with Gasteiger partial charge in [0.15, 0.2) is 5.96 Å². The van der Waals surface area contributed by atoms with Crippen LogP contribution < -0.4 is 15.5 Å². The van der Waals surface area contributed by atoms with Crippen molar-refractivity contribution in [1.82, 2.24) is 15.5 Å². The standard InChI is InChI=1S/C24H41N5O2.HI/c1-4-24(5-2,13-19-30)20-27-23(25-6-3)26-14-12-22(31)29-17-15-28(16-18-29)21-10-8-7-9-11-21;/h7-11,30H,4-6,12-20H2,1-3H3,(H2,25,26,27);1H. The number of anilines is 1. The van der Waals surface area contributed by atoms with Crippen molar-refractivity contribution in [2.75, 3.05) is 57.3 Å². The fraction of sp³-hybridized carbons (Fsp3) is 0.667. The van der Waals surface area contributed by atoms with Crippen LogP contribution >= 0.6 is 24.0 Å². The lowest BCUT2D eigenvalue weighted by molar-refractivity contribution is -0.131. The first kappa shape index (κ1) is 28.5. The Morgan fingerprint density at radius 3 is 2.28 bits per heavy atom. The number of amides is 1. The molecular formula is C24H42IN5O2. The minimum Gasteiger partial charge on any atom is -0.396 e. The molecule has 1 aromatic carbocycles. The molecule has 1 aromatic rings. The highest BCUT2D eigenvalue weighted by atomic mass is 127. The first-order chi connectivity index (χ1) is 15.1. The lowest BCUT2D eigenvalue weighted by Crippen LogP contribution is -2.49. The predicted molar refractivity (Wildman–Crippen MR) is 144 cm³/mol. The van der Waals surface area contributed by atoms with Crippen LogP contribution in [0, 0.1) is 5.41 Å². The van der Waals surface area contributed by atoms with Gasteiger partial charge in [0.05, 0.1) is 0 Å². The molecule has 0 aromatic heterocycles. The maximum absolute atomic E-state index is 12.7. The Balaban J connectivity index is 0.00000512. The monoisotopic (exact) mass is 559 g/mol. The van der Waals surface area contributed by atoms with Crippen LogP contribution in [0.5, 0.6) is 0 Å². The number of carbonyl (C=O) groups is 1. The number of nitrogens with one attached hydrogen (secondary N) is 2. The van der Waals surface area contributed by atoms with Crippen LogP contribution in [0.25, 0.3) is 0 Å². The Morgan fingerprint density at radius 2 is 1.72 bits per heavy atom. The summed E-state index contributed by atoms with van der Waals surface area (Å²) in [5, 5.41) is 16.0. The highest BCUT2D eigenvalue weighted by molar-refractivity contribution is 14.0. The molecule has 0 unspecified atom stereocenters. The zero-order chi connectivity index (χ0) is 22.5. The van der Waals surface area contributed by atoms with Crippen LogP contribution in [0.4, 0.5) is 5.69 Å². The van der Waals surface area contributed by atoms with Crippen molar-refractivity contribution in [2.24, 2.45) is 10.4 Å². The highest BCUT2D eigenvalue weighted by Crippen LogP contribution is 2.30. The molecule has 3 N–H and O–H groups in total. The number of aliphatic hydroxyl groups excluding tert-OH is 1. The van der Waals surface area contributed by atoms with Crippen molar-refractivity contribution >= 4 is 41.5 Å². The molecule has 0 radical (unpaired) electrons. The van der Waals surface area contributed by atoms with E-state index in [0.29, 0.717) is 19.5 Å². The molecule has 32 heavy (non-hydrogen) atoms. The van der Waals surface area contributed by atoms with Crippen LogP contribution in [0.15, 0.2) is 35.3 Å². The van der Waals surface area contributed by atoms with Gasteiger partial charge in [-0.2, -0.15) is 0 Å². The van der Waals surface area contributed by atoms with Gasteiger partial charge >= 0.3 is 0 Å². The smallest absolute Gasteiger partial charge is 0.224 e. The number of carbonyl (C=O) groups excluding carboxylic acids is 1. The summed E-state index contributed by atoms with van der Waals surface area (Å²) in [7, 11) is 0. The van der Waals surface area contributed by atoms with Crippen LogP contribution in [0.3, 0.4) is 0 Å². The summed E-state index contributed by atoms with van der Waals surface area (Å²) in [6.07, 6.45) is 3.19. The molecular weight excluding hydrogens is 517 g/mol. The van der Waals surface area contributed by atoms with Crippen molar-refractivity contribution in [1.29, 1.82) is 0 Å². The summed E-state index contributed by atoms with van der Waals surface area (Å²) in [6, 6.07) is 10.4. The van der Waals surface area contributed by atoms with Crippen molar-refractivity contribution < 1.29 is 9.90 Å². The zero-order valence-electron chi connectivity index (χ0n) is 20.0. The first-order valence-electron chi connectivity index (χ1n) is 11.8. The van der Waals surface area contributed by atoms with Gasteiger partial charge in [0.1, 0.15) is 0 Å². The second kappa shape index (κ2) is 15.3. The summed E-state index contributed by atoms with van der Waals surface area (Å²) < 4.78 is 0. The van der Waals surface area contributed by atoms with E-state index in [1.54, 1.807) is 0 Å². The molecule has 1 aliphatic rings. The van der Waals surface area contributed by atoms with Gasteiger partial charge in [0.2, 0.25) is 5.91 Å². The SMILES string of the molecule is CCNC(=NCC(CC)(CC)CCO)NCCC(=O)N1CCN(c2ccccc2)CC1.I. The average molecular weight is 560 g/mol. The molecule has 1 fully saturated rings. The molecule has 2 rings (SSSR count). The lowest BCUT2D eigenvalue weighted by Gasteiger charge is -2.36. The average Bonchev–Trinajstić information content (AvgIpc) is 2.82. The van der Waals surface area contributed by atoms with Gasteiger partial charge in [-0.25, -0.2) is 0 Å². The molecule has 0 aliphatic carbocycles. The maximum Gasteiger partial charge on any atom is 0.224 e. The van der Waals surface area contributed by atoms with Crippen molar-refractivity contribution in [3.8, 4) is 0 Å². The number of halogens is 1. The fourth-order valence-corrected chi connectivity index (χ4v) is 4.03. The highest BCUT2D eigenvalue weighted by Gasteiger charge is 2.25. The zero-order valence-corrected chi connectivity index (χ0v) is 22.3. The Hall–Kier alpha value is -1.55. The number of rotatable bonds is 11. The third-order valence-electron chi connectivity index (χ3n) is 6.44. The normalized spacial score (nSPS) is 14.7. The van der Waals surface area contributed by atoms with Gasteiger partial charge < -0.3 is 25.5 Å². The lowest BCUT2D eigenvalue weighted by atomic mass is 9.79. The van der Waals surface area contributed by atoms with Crippen LogP contribution in [0.2, 0.25) is 0 Å². The molecule has 8 heteroatoms. The topological polar surface area (TPSA) is 80.2 Å². The summed E-state index contributed by atoms with van der Waals surface area (Å²) in [5.41, 5.74) is 1.25. The van der Waals surface area contributed by atoms with Gasteiger partial charge in [0, 0.05) is 64.5 Å². The number of aliphatic hydroxyl groups is 1. The van der Waals surface area contributed by atoms with Gasteiger partial charge in [-0.05, 0) is 43.7 Å². The molecule has 1 amide bonds. The van der Waals surface area contributed by atoms with Crippen molar-refractivity contribution in [2.45, 2.75) is 46.5 Å². The molecule has 7 nitrogen and oxygen atoms in total. The largest absolute Gasteiger partial charge is 0.396 e. The molecule has 1 heterocycles. The molecule has 0 atom stereocenters. The summed E-state index contributed by atoms with van der Waals surface area (Å²) >= 11 is 0. The molecule has 1 aliphatic heterocycles. The number of guanidine groups is 1. The first-order valence-corrected chi connectivity index (χ1v) is 11.8. The molecule has 0 bridgehead atoms. The quantitative estimate of drug-likeness (QED) is 0.221.